The lowest BCUT2D eigenvalue weighted by atomic mass is 10.4. The molecular formula is C7H13ClS. The van der Waals surface area contributed by atoms with Crippen LogP contribution in [0.3, 0.4) is 0 Å². The zero-order valence-corrected chi connectivity index (χ0v) is 7.56. The normalized spacial score (nSPS) is 12.1. The Bertz CT molecular complexity index is 88.9. The van der Waals surface area contributed by atoms with Gasteiger partial charge in [-0.3, -0.25) is 0 Å². The summed E-state index contributed by atoms with van der Waals surface area (Å²) in [7, 11) is 0. The first-order valence-electron chi connectivity index (χ1n) is 3.21. The fourth-order valence-corrected chi connectivity index (χ4v) is 1.42. The van der Waals surface area contributed by atoms with Crippen molar-refractivity contribution in [1.82, 2.24) is 0 Å². The Balaban J connectivity index is 3.07. The van der Waals surface area contributed by atoms with Crippen molar-refractivity contribution in [2.45, 2.75) is 26.7 Å². The third-order valence-electron chi connectivity index (χ3n) is 0.981. The van der Waals surface area contributed by atoms with Crippen LogP contribution in [-0.2, 0) is 0 Å². The number of hydrogen-bond acceptors (Lipinski definition) is 1. The van der Waals surface area contributed by atoms with Gasteiger partial charge in [-0.1, -0.05) is 24.9 Å². The molecule has 0 nitrogen and oxygen atoms in total. The van der Waals surface area contributed by atoms with Crippen LogP contribution in [0.4, 0.5) is 0 Å². The van der Waals surface area contributed by atoms with Gasteiger partial charge in [0.1, 0.15) is 0 Å². The van der Waals surface area contributed by atoms with Crippen LogP contribution in [0.15, 0.2) is 10.4 Å². The van der Waals surface area contributed by atoms with Crippen molar-refractivity contribution in [2.24, 2.45) is 0 Å². The van der Waals surface area contributed by atoms with Crippen molar-refractivity contribution >= 4 is 23.4 Å². The van der Waals surface area contributed by atoms with E-state index in [1.807, 2.05) is 18.7 Å². The molecule has 0 amide bonds. The Morgan fingerprint density at radius 1 is 1.67 bits per heavy atom. The van der Waals surface area contributed by atoms with E-state index < -0.39 is 0 Å². The first-order valence-corrected chi connectivity index (χ1v) is 4.63. The molecule has 0 aliphatic carbocycles. The highest BCUT2D eigenvalue weighted by Gasteiger charge is 1.87. The molecule has 0 aromatic carbocycles. The summed E-state index contributed by atoms with van der Waals surface area (Å²) >= 11 is 7.28. The molecule has 0 bridgehead atoms. The summed E-state index contributed by atoms with van der Waals surface area (Å²) in [6.45, 7) is 4.23. The Labute approximate surface area is 66.7 Å². The Kier molecular flexibility index (Phi) is 6.77. The minimum Gasteiger partial charge on any atom is -0.130 e. The molecule has 0 aromatic heterocycles. The number of halogens is 1. The second-order valence-corrected chi connectivity index (χ2v) is 3.48. The number of allylic oxidation sites excluding steroid dienone is 1. The maximum atomic E-state index is 5.45. The van der Waals surface area contributed by atoms with Gasteiger partial charge in [-0.2, -0.15) is 0 Å². The van der Waals surface area contributed by atoms with Gasteiger partial charge in [0.05, 0.1) is 0 Å². The second kappa shape index (κ2) is 6.50. The predicted octanol–water partition coefficient (Wildman–Crippen LogP) is 3.62. The van der Waals surface area contributed by atoms with Gasteiger partial charge in [-0.05, 0) is 24.0 Å². The molecule has 0 N–H and O–H groups in total. The van der Waals surface area contributed by atoms with Crippen LogP contribution in [0.1, 0.15) is 26.7 Å². The zero-order chi connectivity index (χ0) is 7.11. The number of hydrogen-bond donors (Lipinski definition) is 0. The van der Waals surface area contributed by atoms with E-state index >= 15 is 0 Å². The molecule has 0 saturated heterocycles. The highest BCUT2D eigenvalue weighted by Crippen LogP contribution is 2.16. The van der Waals surface area contributed by atoms with E-state index in [2.05, 4.69) is 6.92 Å². The molecule has 0 rings (SSSR count). The Morgan fingerprint density at radius 2 is 2.33 bits per heavy atom. The molecule has 0 atom stereocenters. The van der Waals surface area contributed by atoms with Crippen molar-refractivity contribution < 1.29 is 0 Å². The summed E-state index contributed by atoms with van der Waals surface area (Å²) < 4.78 is 0. The maximum Gasteiger partial charge on any atom is 0.0135 e. The standard InChI is InChI=1S/C7H13ClS/c1-3-4-5-9-7(2)6-8/h6H,3-5H2,1-2H3/b7-6+. The number of rotatable bonds is 4. The lowest BCUT2D eigenvalue weighted by Gasteiger charge is -1.96. The van der Waals surface area contributed by atoms with Crippen molar-refractivity contribution in [3.05, 3.63) is 10.4 Å². The largest absolute Gasteiger partial charge is 0.130 e. The van der Waals surface area contributed by atoms with Crippen molar-refractivity contribution in [2.75, 3.05) is 5.75 Å². The van der Waals surface area contributed by atoms with Crippen LogP contribution < -0.4 is 0 Å². The van der Waals surface area contributed by atoms with Crippen LogP contribution >= 0.6 is 23.4 Å². The van der Waals surface area contributed by atoms with Crippen molar-refractivity contribution in [1.29, 1.82) is 0 Å². The average molecular weight is 165 g/mol. The van der Waals surface area contributed by atoms with E-state index in [-0.39, 0.29) is 0 Å². The van der Waals surface area contributed by atoms with E-state index in [0.717, 1.165) is 0 Å². The van der Waals surface area contributed by atoms with Crippen LogP contribution in [0.2, 0.25) is 0 Å². The van der Waals surface area contributed by atoms with E-state index in [1.165, 1.54) is 23.5 Å². The molecule has 2 heteroatoms. The molecule has 0 saturated carbocycles. The number of unbranched alkanes of at least 4 members (excludes halogenated alkanes) is 1. The van der Waals surface area contributed by atoms with E-state index in [9.17, 15) is 0 Å². The summed E-state index contributed by atoms with van der Waals surface area (Å²) in [5.74, 6) is 1.20. The van der Waals surface area contributed by atoms with Crippen molar-refractivity contribution in [3.8, 4) is 0 Å². The van der Waals surface area contributed by atoms with Crippen molar-refractivity contribution in [3.63, 3.8) is 0 Å². The van der Waals surface area contributed by atoms with E-state index in [1.54, 1.807) is 5.54 Å². The molecule has 0 unspecified atom stereocenters. The molecule has 9 heavy (non-hydrogen) atoms. The van der Waals surface area contributed by atoms with Gasteiger partial charge in [0.2, 0.25) is 0 Å². The minimum absolute atomic E-state index is 1.20. The van der Waals surface area contributed by atoms with Crippen LogP contribution in [0.25, 0.3) is 0 Å². The Morgan fingerprint density at radius 3 is 2.78 bits per heavy atom. The van der Waals surface area contributed by atoms with Crippen LogP contribution in [0.5, 0.6) is 0 Å². The van der Waals surface area contributed by atoms with Crippen LogP contribution in [-0.4, -0.2) is 5.75 Å². The molecule has 0 radical (unpaired) electrons. The first kappa shape index (κ1) is 9.38. The van der Waals surface area contributed by atoms with Gasteiger partial charge >= 0.3 is 0 Å². The molecule has 0 fully saturated rings. The summed E-state index contributed by atoms with van der Waals surface area (Å²) in [6.07, 6.45) is 2.55. The van der Waals surface area contributed by atoms with Gasteiger partial charge in [0, 0.05) is 5.54 Å². The molecule has 0 spiro atoms. The fourth-order valence-electron chi connectivity index (χ4n) is 0.409. The summed E-state index contributed by atoms with van der Waals surface area (Å²) in [6, 6.07) is 0. The average Bonchev–Trinajstić information content (AvgIpc) is 1.89. The van der Waals surface area contributed by atoms with Gasteiger partial charge in [0.25, 0.3) is 0 Å². The Hall–Kier alpha value is 0.380. The topological polar surface area (TPSA) is 0 Å². The van der Waals surface area contributed by atoms with Gasteiger partial charge in [0.15, 0.2) is 0 Å². The van der Waals surface area contributed by atoms with Gasteiger partial charge in [-0.15, -0.1) is 11.8 Å². The third-order valence-corrected chi connectivity index (χ3v) is 2.50. The van der Waals surface area contributed by atoms with Gasteiger partial charge in [-0.25, -0.2) is 0 Å². The first-order chi connectivity index (χ1) is 4.31. The SMILES string of the molecule is CCCCS/C(C)=C/Cl. The summed E-state index contributed by atoms with van der Waals surface area (Å²) in [5, 5.41) is 0. The molecule has 0 aliphatic rings. The van der Waals surface area contributed by atoms with Crippen LogP contribution in [0, 0.1) is 0 Å². The van der Waals surface area contributed by atoms with E-state index in [4.69, 9.17) is 11.6 Å². The fraction of sp³-hybridized carbons (Fsp3) is 0.714. The quantitative estimate of drug-likeness (QED) is 0.572. The lowest BCUT2D eigenvalue weighted by Crippen LogP contribution is -1.75. The maximum absolute atomic E-state index is 5.45. The molecular weight excluding hydrogens is 152 g/mol. The molecule has 54 valence electrons. The summed E-state index contributed by atoms with van der Waals surface area (Å²) in [4.78, 5) is 1.21. The predicted molar refractivity (Wildman–Crippen MR) is 47.0 cm³/mol. The smallest absolute Gasteiger partial charge is 0.0135 e. The molecule has 0 heterocycles. The highest BCUT2D eigenvalue weighted by molar-refractivity contribution is 8.03. The monoisotopic (exact) mass is 164 g/mol. The number of thioether (sulfide) groups is 1. The molecule has 0 aliphatic heterocycles. The third kappa shape index (κ3) is 6.26. The summed E-state index contributed by atoms with van der Waals surface area (Å²) in [5.41, 5.74) is 1.64. The second-order valence-electron chi connectivity index (χ2n) is 1.92. The zero-order valence-electron chi connectivity index (χ0n) is 5.98. The van der Waals surface area contributed by atoms with Gasteiger partial charge < -0.3 is 0 Å². The molecule has 0 aromatic rings. The minimum atomic E-state index is 1.20. The van der Waals surface area contributed by atoms with E-state index in [0.29, 0.717) is 0 Å². The highest BCUT2D eigenvalue weighted by atomic mass is 35.5. The lowest BCUT2D eigenvalue weighted by molar-refractivity contribution is 0.897.